The molecule has 0 saturated carbocycles. The molecular weight excluding hydrogens is 254 g/mol. The number of fused-ring (bicyclic) bond motifs is 2. The lowest BCUT2D eigenvalue weighted by Crippen LogP contribution is -1.92. The molecule has 3 rings (SSSR count). The van der Waals surface area contributed by atoms with Gasteiger partial charge in [-0.3, -0.25) is 0 Å². The lowest BCUT2D eigenvalue weighted by atomic mass is 9.97. The molecule has 2 N–H and O–H groups in total. The van der Waals surface area contributed by atoms with E-state index in [1.807, 2.05) is 0 Å². The second-order valence-corrected chi connectivity index (χ2v) is 5.88. The van der Waals surface area contributed by atoms with Gasteiger partial charge < -0.3 is 5.73 Å². The Morgan fingerprint density at radius 2 is 1.62 bits per heavy atom. The van der Waals surface area contributed by atoms with Gasteiger partial charge in [-0.15, -0.1) is 0 Å². The number of nitrogen functional groups attached to an aromatic ring is 1. The topological polar surface area (TPSA) is 26.0 Å². The average Bonchev–Trinajstić information content (AvgIpc) is 2.52. The van der Waals surface area contributed by atoms with Gasteiger partial charge in [0.25, 0.3) is 0 Å². The first kappa shape index (κ1) is 13.9. The van der Waals surface area contributed by atoms with Crippen molar-refractivity contribution in [3.05, 3.63) is 54.1 Å². The summed E-state index contributed by atoms with van der Waals surface area (Å²) in [4.78, 5) is 0. The fraction of sp³-hybridized carbons (Fsp3) is 0.300. The van der Waals surface area contributed by atoms with Gasteiger partial charge in [0.05, 0.1) is 0 Å². The summed E-state index contributed by atoms with van der Waals surface area (Å²) >= 11 is 0. The van der Waals surface area contributed by atoms with Crippen LogP contribution < -0.4 is 5.73 Å². The average molecular weight is 277 g/mol. The van der Waals surface area contributed by atoms with Crippen LogP contribution in [0.4, 0.5) is 5.69 Å². The summed E-state index contributed by atoms with van der Waals surface area (Å²) in [5.74, 6) is 0. The molecule has 1 nitrogen and oxygen atoms in total. The summed E-state index contributed by atoms with van der Waals surface area (Å²) in [5.41, 5.74) is 8.72. The largest absolute Gasteiger partial charge is 0.398 e. The van der Waals surface area contributed by atoms with Gasteiger partial charge in [-0.05, 0) is 41.3 Å². The van der Waals surface area contributed by atoms with Crippen LogP contribution in [-0.4, -0.2) is 0 Å². The predicted octanol–water partition coefficient (Wildman–Crippen LogP) is 5.70. The maximum absolute atomic E-state index is 6.40. The summed E-state index contributed by atoms with van der Waals surface area (Å²) in [7, 11) is 0. The number of unbranched alkanes of at least 4 members (excludes halogenated alkanes) is 3. The number of rotatable bonds is 5. The maximum Gasteiger partial charge on any atom is 0.0473 e. The second-order valence-electron chi connectivity index (χ2n) is 5.88. The molecule has 1 heteroatoms. The first-order valence-electron chi connectivity index (χ1n) is 7.99. The quantitative estimate of drug-likeness (QED) is 0.361. The van der Waals surface area contributed by atoms with Crippen LogP contribution >= 0.6 is 0 Å². The highest BCUT2D eigenvalue weighted by Gasteiger charge is 2.05. The van der Waals surface area contributed by atoms with Crippen LogP contribution in [0.1, 0.15) is 38.2 Å². The van der Waals surface area contributed by atoms with Crippen LogP contribution in [0.3, 0.4) is 0 Å². The van der Waals surface area contributed by atoms with E-state index in [0.717, 1.165) is 17.5 Å². The molecule has 21 heavy (non-hydrogen) atoms. The number of hydrogen-bond donors (Lipinski definition) is 1. The van der Waals surface area contributed by atoms with E-state index in [9.17, 15) is 0 Å². The molecule has 0 heterocycles. The Labute approximate surface area is 126 Å². The zero-order valence-electron chi connectivity index (χ0n) is 12.7. The van der Waals surface area contributed by atoms with Crippen molar-refractivity contribution in [2.75, 3.05) is 5.73 Å². The van der Waals surface area contributed by atoms with Crippen molar-refractivity contribution in [1.29, 1.82) is 0 Å². The lowest BCUT2D eigenvalue weighted by molar-refractivity contribution is 0.667. The van der Waals surface area contributed by atoms with E-state index in [-0.39, 0.29) is 0 Å². The van der Waals surface area contributed by atoms with E-state index in [2.05, 4.69) is 55.5 Å². The highest BCUT2D eigenvalue weighted by molar-refractivity contribution is 6.10. The third kappa shape index (κ3) is 2.87. The zero-order valence-corrected chi connectivity index (χ0v) is 12.7. The fourth-order valence-electron chi connectivity index (χ4n) is 3.05. The summed E-state index contributed by atoms with van der Waals surface area (Å²) in [6.07, 6.45) is 6.37. The molecule has 0 fully saturated rings. The number of aryl methyl sites for hydroxylation is 1. The standard InChI is InChI=1S/C20H23N/c1-2-3-4-5-8-15-11-12-17-14-16-9-6-7-10-18(16)20(21)19(17)13-15/h6-7,9-14H,2-5,8,21H2,1H3. The van der Waals surface area contributed by atoms with Gasteiger partial charge in [-0.1, -0.05) is 62.6 Å². The summed E-state index contributed by atoms with van der Waals surface area (Å²) in [5, 5.41) is 4.82. The van der Waals surface area contributed by atoms with Gasteiger partial charge in [0, 0.05) is 16.5 Å². The minimum atomic E-state index is 0.915. The van der Waals surface area contributed by atoms with Gasteiger partial charge in [0.2, 0.25) is 0 Å². The van der Waals surface area contributed by atoms with Crippen LogP contribution in [0.15, 0.2) is 48.5 Å². The van der Waals surface area contributed by atoms with Gasteiger partial charge >= 0.3 is 0 Å². The Kier molecular flexibility index (Phi) is 4.10. The summed E-state index contributed by atoms with van der Waals surface area (Å²) < 4.78 is 0. The summed E-state index contributed by atoms with van der Waals surface area (Å²) in [6, 6.07) is 17.3. The number of hydrogen-bond acceptors (Lipinski definition) is 1. The third-order valence-corrected chi connectivity index (χ3v) is 4.29. The first-order valence-corrected chi connectivity index (χ1v) is 7.99. The van der Waals surface area contributed by atoms with Crippen molar-refractivity contribution in [1.82, 2.24) is 0 Å². The van der Waals surface area contributed by atoms with Crippen molar-refractivity contribution < 1.29 is 0 Å². The molecule has 0 saturated heterocycles. The molecule has 3 aromatic rings. The highest BCUT2D eigenvalue weighted by Crippen LogP contribution is 2.31. The molecule has 0 aromatic heterocycles. The van der Waals surface area contributed by atoms with Crippen LogP contribution in [0, 0.1) is 0 Å². The van der Waals surface area contributed by atoms with E-state index in [1.54, 1.807) is 0 Å². The van der Waals surface area contributed by atoms with Crippen molar-refractivity contribution in [3.8, 4) is 0 Å². The van der Waals surface area contributed by atoms with E-state index in [4.69, 9.17) is 5.73 Å². The van der Waals surface area contributed by atoms with Crippen LogP contribution in [0.2, 0.25) is 0 Å². The Balaban J connectivity index is 1.96. The number of benzene rings is 3. The highest BCUT2D eigenvalue weighted by atomic mass is 14.6. The minimum absolute atomic E-state index is 0.915. The zero-order chi connectivity index (χ0) is 14.7. The molecule has 0 bridgehead atoms. The molecule has 0 spiro atoms. The minimum Gasteiger partial charge on any atom is -0.398 e. The monoisotopic (exact) mass is 277 g/mol. The van der Waals surface area contributed by atoms with Crippen molar-refractivity contribution in [2.45, 2.75) is 39.0 Å². The van der Waals surface area contributed by atoms with Crippen LogP contribution in [0.25, 0.3) is 21.5 Å². The maximum atomic E-state index is 6.40. The lowest BCUT2D eigenvalue weighted by Gasteiger charge is -2.09. The van der Waals surface area contributed by atoms with Crippen LogP contribution in [-0.2, 0) is 6.42 Å². The summed E-state index contributed by atoms with van der Waals surface area (Å²) in [6.45, 7) is 2.25. The van der Waals surface area contributed by atoms with Crippen molar-refractivity contribution >= 4 is 27.2 Å². The van der Waals surface area contributed by atoms with Crippen LogP contribution in [0.5, 0.6) is 0 Å². The molecule has 0 unspecified atom stereocenters. The van der Waals surface area contributed by atoms with Gasteiger partial charge in [-0.2, -0.15) is 0 Å². The molecule has 0 aliphatic rings. The molecular formula is C20H23N. The second kappa shape index (κ2) is 6.17. The Morgan fingerprint density at radius 1 is 0.810 bits per heavy atom. The van der Waals surface area contributed by atoms with E-state index in [1.165, 1.54) is 47.4 Å². The van der Waals surface area contributed by atoms with Gasteiger partial charge in [0.1, 0.15) is 0 Å². The first-order chi connectivity index (χ1) is 10.3. The smallest absolute Gasteiger partial charge is 0.0473 e. The fourth-order valence-corrected chi connectivity index (χ4v) is 3.05. The van der Waals surface area contributed by atoms with E-state index < -0.39 is 0 Å². The molecule has 0 radical (unpaired) electrons. The third-order valence-electron chi connectivity index (χ3n) is 4.29. The molecule has 0 aliphatic heterocycles. The number of nitrogens with two attached hydrogens (primary N) is 1. The predicted molar refractivity (Wildman–Crippen MR) is 93.7 cm³/mol. The molecule has 3 aromatic carbocycles. The Morgan fingerprint density at radius 3 is 2.48 bits per heavy atom. The van der Waals surface area contributed by atoms with Gasteiger partial charge in [0.15, 0.2) is 0 Å². The molecule has 0 aliphatic carbocycles. The number of anilines is 1. The van der Waals surface area contributed by atoms with Gasteiger partial charge in [-0.25, -0.2) is 0 Å². The molecule has 108 valence electrons. The molecule has 0 atom stereocenters. The molecule has 0 amide bonds. The SMILES string of the molecule is CCCCCCc1ccc2cc3ccccc3c(N)c2c1. The van der Waals surface area contributed by atoms with Crippen molar-refractivity contribution in [3.63, 3.8) is 0 Å². The normalized spacial score (nSPS) is 11.3. The Hall–Kier alpha value is -2.02. The van der Waals surface area contributed by atoms with Crippen molar-refractivity contribution in [2.24, 2.45) is 0 Å². The van der Waals surface area contributed by atoms with E-state index in [0.29, 0.717) is 0 Å². The Bertz CT molecular complexity index is 758. The van der Waals surface area contributed by atoms with E-state index >= 15 is 0 Å².